The Morgan fingerprint density at radius 3 is 3.00 bits per heavy atom. The molecule has 2 aliphatic rings. The number of hydrogen-bond donors (Lipinski definition) is 2. The van der Waals surface area contributed by atoms with Gasteiger partial charge in [-0.15, -0.1) is 0 Å². The van der Waals surface area contributed by atoms with Gasteiger partial charge in [-0.3, -0.25) is 9.59 Å². The molecule has 90 valence electrons. The third-order valence-electron chi connectivity index (χ3n) is 2.93. The van der Waals surface area contributed by atoms with E-state index in [9.17, 15) is 9.59 Å². The fourth-order valence-electron chi connectivity index (χ4n) is 2.03. The molecular formula is C10H17N3O3. The molecule has 2 rings (SSSR count). The van der Waals surface area contributed by atoms with Crippen LogP contribution in [0.25, 0.3) is 0 Å². The Morgan fingerprint density at radius 2 is 2.31 bits per heavy atom. The fourth-order valence-corrected chi connectivity index (χ4v) is 2.03. The second-order valence-electron chi connectivity index (χ2n) is 4.12. The number of piperazine rings is 1. The molecule has 0 saturated carbocycles. The average molecular weight is 227 g/mol. The highest BCUT2D eigenvalue weighted by Gasteiger charge is 2.33. The first-order chi connectivity index (χ1) is 7.68. The van der Waals surface area contributed by atoms with Crippen molar-refractivity contribution in [3.8, 4) is 0 Å². The SMILES string of the molecule is C[C@H]1OCCN[C@@H]1C(=O)N1CCNC(=O)C1. The summed E-state index contributed by atoms with van der Waals surface area (Å²) in [7, 11) is 0. The fraction of sp³-hybridized carbons (Fsp3) is 0.800. The highest BCUT2D eigenvalue weighted by molar-refractivity contribution is 5.88. The van der Waals surface area contributed by atoms with Crippen LogP contribution in [0.4, 0.5) is 0 Å². The number of nitrogens with one attached hydrogen (secondary N) is 2. The third kappa shape index (κ3) is 2.33. The Kier molecular flexibility index (Phi) is 3.40. The number of carbonyl (C=O) groups is 2. The van der Waals surface area contributed by atoms with Crippen molar-refractivity contribution in [2.24, 2.45) is 0 Å². The summed E-state index contributed by atoms with van der Waals surface area (Å²) in [6, 6.07) is -0.320. The maximum Gasteiger partial charge on any atom is 0.242 e. The zero-order chi connectivity index (χ0) is 11.5. The van der Waals surface area contributed by atoms with Gasteiger partial charge < -0.3 is 20.3 Å². The molecule has 2 aliphatic heterocycles. The molecule has 0 radical (unpaired) electrons. The van der Waals surface area contributed by atoms with Crippen LogP contribution in [-0.4, -0.2) is 61.6 Å². The van der Waals surface area contributed by atoms with E-state index in [1.807, 2.05) is 6.92 Å². The van der Waals surface area contributed by atoms with Crippen LogP contribution in [-0.2, 0) is 14.3 Å². The summed E-state index contributed by atoms with van der Waals surface area (Å²) in [5.41, 5.74) is 0. The van der Waals surface area contributed by atoms with Crippen LogP contribution in [0.5, 0.6) is 0 Å². The van der Waals surface area contributed by atoms with Crippen LogP contribution < -0.4 is 10.6 Å². The molecule has 0 aromatic heterocycles. The number of amides is 2. The van der Waals surface area contributed by atoms with Crippen molar-refractivity contribution < 1.29 is 14.3 Å². The second kappa shape index (κ2) is 4.80. The van der Waals surface area contributed by atoms with E-state index in [0.717, 1.165) is 0 Å². The van der Waals surface area contributed by atoms with Crippen molar-refractivity contribution in [1.29, 1.82) is 0 Å². The molecule has 0 aromatic carbocycles. The van der Waals surface area contributed by atoms with E-state index in [1.54, 1.807) is 4.90 Å². The van der Waals surface area contributed by atoms with Gasteiger partial charge in [0.2, 0.25) is 11.8 Å². The third-order valence-corrected chi connectivity index (χ3v) is 2.93. The lowest BCUT2D eigenvalue weighted by molar-refractivity contribution is -0.144. The van der Waals surface area contributed by atoms with Gasteiger partial charge in [0, 0.05) is 19.6 Å². The molecule has 0 aliphatic carbocycles. The molecule has 2 atom stereocenters. The molecule has 0 unspecified atom stereocenters. The summed E-state index contributed by atoms with van der Waals surface area (Å²) in [5.74, 6) is -0.133. The summed E-state index contributed by atoms with van der Waals surface area (Å²) in [5, 5.41) is 5.83. The van der Waals surface area contributed by atoms with Crippen LogP contribution in [0.3, 0.4) is 0 Å². The Hall–Kier alpha value is -1.14. The van der Waals surface area contributed by atoms with Crippen molar-refractivity contribution in [2.45, 2.75) is 19.1 Å². The van der Waals surface area contributed by atoms with E-state index in [4.69, 9.17) is 4.74 Å². The van der Waals surface area contributed by atoms with Crippen molar-refractivity contribution in [1.82, 2.24) is 15.5 Å². The average Bonchev–Trinajstić information content (AvgIpc) is 2.29. The van der Waals surface area contributed by atoms with E-state index in [-0.39, 0.29) is 30.5 Å². The topological polar surface area (TPSA) is 70.7 Å². The predicted molar refractivity (Wildman–Crippen MR) is 56.8 cm³/mol. The molecular weight excluding hydrogens is 210 g/mol. The quantitative estimate of drug-likeness (QED) is 0.561. The Morgan fingerprint density at radius 1 is 1.50 bits per heavy atom. The van der Waals surface area contributed by atoms with Crippen LogP contribution in [0.2, 0.25) is 0 Å². The normalized spacial score (nSPS) is 31.1. The summed E-state index contributed by atoms with van der Waals surface area (Å²) in [6.07, 6.45) is -0.133. The number of hydrogen-bond acceptors (Lipinski definition) is 4. The van der Waals surface area contributed by atoms with Crippen LogP contribution in [0.1, 0.15) is 6.92 Å². The van der Waals surface area contributed by atoms with Crippen molar-refractivity contribution in [3.05, 3.63) is 0 Å². The lowest BCUT2D eigenvalue weighted by Gasteiger charge is -2.35. The summed E-state index contributed by atoms with van der Waals surface area (Å²) in [4.78, 5) is 24.9. The first-order valence-corrected chi connectivity index (χ1v) is 5.59. The molecule has 2 N–H and O–H groups in total. The maximum atomic E-state index is 12.1. The minimum Gasteiger partial charge on any atom is -0.375 e. The molecule has 2 heterocycles. The van der Waals surface area contributed by atoms with Crippen molar-refractivity contribution in [3.63, 3.8) is 0 Å². The second-order valence-corrected chi connectivity index (χ2v) is 4.12. The largest absolute Gasteiger partial charge is 0.375 e. The molecule has 2 amide bonds. The zero-order valence-corrected chi connectivity index (χ0v) is 9.36. The standard InChI is InChI=1S/C10H17N3O3/c1-7-9(12-3-5-16-7)10(15)13-4-2-11-8(14)6-13/h7,9,12H,2-6H2,1H3,(H,11,14)/t7-,9+/m1/s1. The van der Waals surface area contributed by atoms with Crippen LogP contribution >= 0.6 is 0 Å². The van der Waals surface area contributed by atoms with Gasteiger partial charge >= 0.3 is 0 Å². The number of ether oxygens (including phenoxy) is 1. The van der Waals surface area contributed by atoms with E-state index in [0.29, 0.717) is 26.2 Å². The summed E-state index contributed by atoms with van der Waals surface area (Å²) >= 11 is 0. The maximum absolute atomic E-state index is 12.1. The minimum absolute atomic E-state index is 0.0398. The molecule has 2 fully saturated rings. The van der Waals surface area contributed by atoms with E-state index < -0.39 is 0 Å². The number of morpholine rings is 1. The molecule has 16 heavy (non-hydrogen) atoms. The van der Waals surface area contributed by atoms with Gasteiger partial charge in [-0.2, -0.15) is 0 Å². The Balaban J connectivity index is 1.97. The lowest BCUT2D eigenvalue weighted by Crippen LogP contribution is -2.60. The predicted octanol–water partition coefficient (Wildman–Crippen LogP) is -1.68. The van der Waals surface area contributed by atoms with E-state index >= 15 is 0 Å². The van der Waals surface area contributed by atoms with Gasteiger partial charge in [0.05, 0.1) is 19.3 Å². The molecule has 2 saturated heterocycles. The molecule has 0 bridgehead atoms. The van der Waals surface area contributed by atoms with Crippen LogP contribution in [0, 0.1) is 0 Å². The van der Waals surface area contributed by atoms with Gasteiger partial charge in [0.1, 0.15) is 6.04 Å². The molecule has 6 nitrogen and oxygen atoms in total. The number of carbonyl (C=O) groups excluding carboxylic acids is 2. The summed E-state index contributed by atoms with van der Waals surface area (Å²) in [6.45, 7) is 4.46. The van der Waals surface area contributed by atoms with Gasteiger partial charge in [-0.05, 0) is 6.92 Å². The number of nitrogens with zero attached hydrogens (tertiary/aromatic N) is 1. The molecule has 0 aromatic rings. The van der Waals surface area contributed by atoms with Crippen molar-refractivity contribution >= 4 is 11.8 Å². The van der Waals surface area contributed by atoms with Crippen LogP contribution in [0.15, 0.2) is 0 Å². The van der Waals surface area contributed by atoms with Gasteiger partial charge in [0.25, 0.3) is 0 Å². The Labute approximate surface area is 94.3 Å². The first kappa shape index (κ1) is 11.3. The van der Waals surface area contributed by atoms with E-state index in [2.05, 4.69) is 10.6 Å². The van der Waals surface area contributed by atoms with Gasteiger partial charge in [-0.1, -0.05) is 0 Å². The first-order valence-electron chi connectivity index (χ1n) is 5.59. The monoisotopic (exact) mass is 227 g/mol. The molecule has 6 heteroatoms. The molecule has 0 spiro atoms. The minimum atomic E-state index is -0.320. The van der Waals surface area contributed by atoms with Gasteiger partial charge in [0.15, 0.2) is 0 Å². The van der Waals surface area contributed by atoms with Gasteiger partial charge in [-0.25, -0.2) is 0 Å². The lowest BCUT2D eigenvalue weighted by atomic mass is 10.1. The zero-order valence-electron chi connectivity index (χ0n) is 9.36. The summed E-state index contributed by atoms with van der Waals surface area (Å²) < 4.78 is 5.42. The Bertz CT molecular complexity index is 295. The number of rotatable bonds is 1. The highest BCUT2D eigenvalue weighted by atomic mass is 16.5. The van der Waals surface area contributed by atoms with Crippen molar-refractivity contribution in [2.75, 3.05) is 32.8 Å². The smallest absolute Gasteiger partial charge is 0.242 e. The highest BCUT2D eigenvalue weighted by Crippen LogP contribution is 2.08. The van der Waals surface area contributed by atoms with E-state index in [1.165, 1.54) is 0 Å².